The fourth-order valence-corrected chi connectivity index (χ4v) is 2.28. The molecule has 4 nitrogen and oxygen atoms in total. The molecule has 0 N–H and O–H groups in total. The van der Waals surface area contributed by atoms with E-state index < -0.39 is 5.91 Å². The van der Waals surface area contributed by atoms with Crippen LogP contribution in [0.25, 0.3) is 0 Å². The number of rotatable bonds is 1. The van der Waals surface area contributed by atoms with Crippen molar-refractivity contribution in [3.8, 4) is 0 Å². The maximum Gasteiger partial charge on any atom is 0.256 e. The van der Waals surface area contributed by atoms with Crippen molar-refractivity contribution in [1.29, 1.82) is 0 Å². The molecule has 1 aliphatic rings. The molecule has 1 fully saturated rings. The van der Waals surface area contributed by atoms with E-state index in [1.54, 1.807) is 0 Å². The first-order chi connectivity index (χ1) is 8.47. The molecule has 0 radical (unpaired) electrons. The first-order valence-electron chi connectivity index (χ1n) is 5.25. The van der Waals surface area contributed by atoms with Crippen LogP contribution in [0.1, 0.15) is 16.8 Å². The molecular formula is C12H9Cl2NO3. The lowest BCUT2D eigenvalue weighted by Gasteiger charge is -2.25. The molecule has 0 aromatic heterocycles. The Balaban J connectivity index is 2.25. The molecule has 0 spiro atoms. The van der Waals surface area contributed by atoms with Crippen LogP contribution < -0.4 is 0 Å². The molecule has 94 valence electrons. The number of Topliss-reactive ketones (excluding diaryl/α,β-unsaturated/α-hetero) is 2. The second-order valence-electron chi connectivity index (χ2n) is 4.04. The number of hydrogen-bond acceptors (Lipinski definition) is 3. The molecule has 18 heavy (non-hydrogen) atoms. The summed E-state index contributed by atoms with van der Waals surface area (Å²) in [5, 5.41) is 0.625. The van der Waals surface area contributed by atoms with E-state index in [-0.39, 0.29) is 41.7 Å². The molecule has 1 saturated heterocycles. The van der Waals surface area contributed by atoms with Crippen LogP contribution in [0.4, 0.5) is 0 Å². The molecule has 0 atom stereocenters. The number of nitrogens with zero attached hydrogens (tertiary/aromatic N) is 1. The average Bonchev–Trinajstić information content (AvgIpc) is 2.26. The number of carbonyl (C=O) groups excluding carboxylic acids is 3. The van der Waals surface area contributed by atoms with Gasteiger partial charge in [-0.05, 0) is 18.2 Å². The molecule has 0 unspecified atom stereocenters. The van der Waals surface area contributed by atoms with Crippen molar-refractivity contribution >= 4 is 40.7 Å². The third-order valence-corrected chi connectivity index (χ3v) is 3.13. The number of benzene rings is 1. The van der Waals surface area contributed by atoms with Gasteiger partial charge in [0, 0.05) is 5.02 Å². The number of hydrogen-bond donors (Lipinski definition) is 0. The Hall–Kier alpha value is -1.39. The van der Waals surface area contributed by atoms with Crippen LogP contribution in [-0.4, -0.2) is 35.5 Å². The van der Waals surface area contributed by atoms with Crippen LogP contribution in [0.2, 0.25) is 10.0 Å². The normalized spacial score (nSPS) is 16.0. The highest BCUT2D eigenvalue weighted by atomic mass is 35.5. The SMILES string of the molecule is O=C1CC(=O)CN(C(=O)c2ccc(Cl)cc2Cl)C1. The third-order valence-electron chi connectivity index (χ3n) is 2.58. The molecule has 1 amide bonds. The maximum absolute atomic E-state index is 12.1. The fourth-order valence-electron chi connectivity index (χ4n) is 1.79. The summed E-state index contributed by atoms with van der Waals surface area (Å²) in [5.74, 6) is -0.951. The van der Waals surface area contributed by atoms with Crippen LogP contribution in [0, 0.1) is 0 Å². The van der Waals surface area contributed by atoms with Gasteiger partial charge in [0.2, 0.25) is 0 Å². The highest BCUT2D eigenvalue weighted by molar-refractivity contribution is 6.36. The fraction of sp³-hybridized carbons (Fsp3) is 0.250. The number of ketones is 2. The van der Waals surface area contributed by atoms with E-state index in [2.05, 4.69) is 0 Å². The second kappa shape index (κ2) is 5.08. The zero-order chi connectivity index (χ0) is 13.3. The molecule has 1 aromatic carbocycles. The predicted octanol–water partition coefficient (Wildman–Crippen LogP) is 1.98. The van der Waals surface area contributed by atoms with Crippen LogP contribution in [0.3, 0.4) is 0 Å². The second-order valence-corrected chi connectivity index (χ2v) is 4.88. The van der Waals surface area contributed by atoms with Crippen LogP contribution in [0.15, 0.2) is 18.2 Å². The van der Waals surface area contributed by atoms with E-state index in [1.807, 2.05) is 0 Å². The molecule has 1 aromatic rings. The Bertz CT molecular complexity index is 526. The van der Waals surface area contributed by atoms with Crippen molar-refractivity contribution in [2.75, 3.05) is 13.1 Å². The van der Waals surface area contributed by atoms with E-state index in [1.165, 1.54) is 23.1 Å². The van der Waals surface area contributed by atoms with Crippen molar-refractivity contribution in [2.24, 2.45) is 0 Å². The van der Waals surface area contributed by atoms with Crippen LogP contribution >= 0.6 is 23.2 Å². The van der Waals surface area contributed by atoms with Crippen molar-refractivity contribution in [2.45, 2.75) is 6.42 Å². The minimum atomic E-state index is -0.432. The van der Waals surface area contributed by atoms with Gasteiger partial charge in [0.05, 0.1) is 30.1 Å². The minimum Gasteiger partial charge on any atom is -0.324 e. The summed E-state index contributed by atoms with van der Waals surface area (Å²) in [6.45, 7) is -0.104. The summed E-state index contributed by atoms with van der Waals surface area (Å²) in [7, 11) is 0. The first-order valence-corrected chi connectivity index (χ1v) is 6.00. The van der Waals surface area contributed by atoms with Gasteiger partial charge in [0.25, 0.3) is 5.91 Å². The van der Waals surface area contributed by atoms with Crippen molar-refractivity contribution < 1.29 is 14.4 Å². The number of likely N-dealkylation sites (tertiary alicyclic amines) is 1. The topological polar surface area (TPSA) is 54.5 Å². The van der Waals surface area contributed by atoms with Gasteiger partial charge in [-0.1, -0.05) is 23.2 Å². The zero-order valence-electron chi connectivity index (χ0n) is 9.28. The standard InChI is InChI=1S/C12H9Cl2NO3/c13-7-1-2-10(11(14)3-7)12(18)15-5-8(16)4-9(17)6-15/h1-3H,4-6H2. The van der Waals surface area contributed by atoms with Gasteiger partial charge in [-0.3, -0.25) is 14.4 Å². The summed E-state index contributed by atoms with van der Waals surface area (Å²) in [4.78, 5) is 35.9. The summed E-state index contributed by atoms with van der Waals surface area (Å²) in [6.07, 6.45) is -0.0991. The van der Waals surface area contributed by atoms with E-state index in [9.17, 15) is 14.4 Å². The van der Waals surface area contributed by atoms with Gasteiger partial charge in [-0.2, -0.15) is 0 Å². The molecule has 1 aliphatic heterocycles. The van der Waals surface area contributed by atoms with Gasteiger partial charge in [0.15, 0.2) is 11.6 Å². The van der Waals surface area contributed by atoms with Gasteiger partial charge >= 0.3 is 0 Å². The Morgan fingerprint density at radius 1 is 1.11 bits per heavy atom. The summed E-state index contributed by atoms with van der Waals surface area (Å²) in [6, 6.07) is 4.47. The largest absolute Gasteiger partial charge is 0.324 e. The lowest BCUT2D eigenvalue weighted by Crippen LogP contribution is -2.44. The lowest BCUT2D eigenvalue weighted by molar-refractivity contribution is -0.131. The molecule has 2 rings (SSSR count). The summed E-state index contributed by atoms with van der Waals surface area (Å²) < 4.78 is 0. The Morgan fingerprint density at radius 2 is 1.72 bits per heavy atom. The number of carbonyl (C=O) groups is 3. The van der Waals surface area contributed by atoms with Crippen LogP contribution in [-0.2, 0) is 9.59 Å². The maximum atomic E-state index is 12.1. The predicted molar refractivity (Wildman–Crippen MR) is 67.0 cm³/mol. The summed E-state index contributed by atoms with van der Waals surface area (Å²) in [5.41, 5.74) is 0.239. The average molecular weight is 286 g/mol. The molecule has 0 aliphatic carbocycles. The van der Waals surface area contributed by atoms with Crippen LogP contribution in [0.5, 0.6) is 0 Å². The quantitative estimate of drug-likeness (QED) is 0.742. The highest BCUT2D eigenvalue weighted by Gasteiger charge is 2.28. The van der Waals surface area contributed by atoms with Gasteiger partial charge < -0.3 is 4.90 Å². The molecular weight excluding hydrogens is 277 g/mol. The number of piperidine rings is 1. The Labute approximate surface area is 113 Å². The first kappa shape index (κ1) is 13.1. The third kappa shape index (κ3) is 2.71. The minimum absolute atomic E-state index is 0.0521. The summed E-state index contributed by atoms with van der Waals surface area (Å²) >= 11 is 11.7. The molecule has 0 bridgehead atoms. The Morgan fingerprint density at radius 3 is 2.28 bits per heavy atom. The van der Waals surface area contributed by atoms with Crippen molar-refractivity contribution in [3.05, 3.63) is 33.8 Å². The molecule has 1 heterocycles. The molecule has 0 saturated carbocycles. The van der Waals surface area contributed by atoms with Crippen molar-refractivity contribution in [3.63, 3.8) is 0 Å². The lowest BCUT2D eigenvalue weighted by atomic mass is 10.1. The Kier molecular flexibility index (Phi) is 3.68. The number of halogens is 2. The van der Waals surface area contributed by atoms with Gasteiger partial charge in [-0.25, -0.2) is 0 Å². The molecule has 6 heteroatoms. The van der Waals surface area contributed by atoms with Gasteiger partial charge in [-0.15, -0.1) is 0 Å². The van der Waals surface area contributed by atoms with Gasteiger partial charge in [0.1, 0.15) is 0 Å². The highest BCUT2D eigenvalue weighted by Crippen LogP contribution is 2.22. The monoisotopic (exact) mass is 285 g/mol. The van der Waals surface area contributed by atoms with E-state index >= 15 is 0 Å². The van der Waals surface area contributed by atoms with E-state index in [4.69, 9.17) is 23.2 Å². The smallest absolute Gasteiger partial charge is 0.256 e. The van der Waals surface area contributed by atoms with E-state index in [0.29, 0.717) is 5.02 Å². The number of amides is 1. The zero-order valence-corrected chi connectivity index (χ0v) is 10.8. The van der Waals surface area contributed by atoms with E-state index in [0.717, 1.165) is 0 Å². The van der Waals surface area contributed by atoms with Crippen molar-refractivity contribution in [1.82, 2.24) is 4.90 Å².